The predicted molar refractivity (Wildman–Crippen MR) is 89.1 cm³/mol. The number of thiazole rings is 1. The smallest absolute Gasteiger partial charge is 0.198 e. The number of nitrogens with zero attached hydrogens (tertiary/aromatic N) is 4. The molecule has 6 nitrogen and oxygen atoms in total. The summed E-state index contributed by atoms with van der Waals surface area (Å²) in [4.78, 5) is 7.55. The van der Waals surface area contributed by atoms with Crippen molar-refractivity contribution in [2.75, 3.05) is 25.1 Å². The zero-order valence-electron chi connectivity index (χ0n) is 12.7. The van der Waals surface area contributed by atoms with Crippen LogP contribution in [-0.2, 0) is 0 Å². The fourth-order valence-electron chi connectivity index (χ4n) is 3.05. The quantitative estimate of drug-likeness (QED) is 0.785. The number of ether oxygens (including phenoxy) is 1. The Bertz CT molecular complexity index is 1010. The van der Waals surface area contributed by atoms with E-state index in [0.29, 0.717) is 11.4 Å². The van der Waals surface area contributed by atoms with Gasteiger partial charge in [-0.25, -0.2) is 4.98 Å². The molecule has 1 saturated heterocycles. The number of benzene rings is 1. The lowest BCUT2D eigenvalue weighted by Crippen LogP contribution is -2.26. The molecular weight excluding hydrogens is 310 g/mol. The monoisotopic (exact) mass is 325 g/mol. The van der Waals surface area contributed by atoms with Crippen molar-refractivity contribution < 1.29 is 4.74 Å². The van der Waals surface area contributed by atoms with Crippen LogP contribution in [0.1, 0.15) is 18.4 Å². The van der Waals surface area contributed by atoms with Crippen molar-refractivity contribution in [2.45, 2.75) is 12.8 Å². The summed E-state index contributed by atoms with van der Waals surface area (Å²) in [5.41, 5.74) is 1.43. The highest BCUT2D eigenvalue weighted by molar-refractivity contribution is 7.23. The number of nitriles is 1. The molecule has 0 amide bonds. The number of methoxy groups -OCH3 is 1. The molecule has 1 aromatic carbocycles. The Morgan fingerprint density at radius 2 is 2.13 bits per heavy atom. The average molecular weight is 325 g/mol. The van der Waals surface area contributed by atoms with E-state index in [2.05, 4.69) is 11.0 Å². The van der Waals surface area contributed by atoms with Crippen LogP contribution in [0.25, 0.3) is 15.2 Å². The molecular formula is C16H15N5OS. The first-order chi connectivity index (χ1) is 11.2. The maximum Gasteiger partial charge on any atom is 0.198 e. The van der Waals surface area contributed by atoms with Crippen molar-refractivity contribution >= 4 is 32.3 Å². The van der Waals surface area contributed by atoms with Crippen LogP contribution < -0.4 is 15.1 Å². The Kier molecular flexibility index (Phi) is 3.20. The molecule has 1 aliphatic rings. The molecule has 0 spiro atoms. The molecule has 116 valence electrons. The van der Waals surface area contributed by atoms with Gasteiger partial charge in [0.05, 0.1) is 17.3 Å². The summed E-state index contributed by atoms with van der Waals surface area (Å²) >= 11 is 1.51. The highest BCUT2D eigenvalue weighted by Gasteiger charge is 2.21. The molecule has 1 aliphatic heterocycles. The minimum Gasteiger partial charge on any atom is -0.497 e. The molecule has 0 aliphatic carbocycles. The van der Waals surface area contributed by atoms with Gasteiger partial charge < -0.3 is 9.64 Å². The van der Waals surface area contributed by atoms with Gasteiger partial charge in [0.25, 0.3) is 0 Å². The maximum atomic E-state index is 9.54. The molecule has 0 radical (unpaired) electrons. The summed E-state index contributed by atoms with van der Waals surface area (Å²) in [6.45, 7) is 1.80. The zero-order chi connectivity index (χ0) is 16.0. The Hall–Kier alpha value is -2.59. The number of fused-ring (bicyclic) bond motifs is 3. The number of rotatable bonds is 2. The second-order valence-electron chi connectivity index (χ2n) is 5.52. The number of anilines is 1. The molecule has 7 heteroatoms. The van der Waals surface area contributed by atoms with Gasteiger partial charge in [-0.15, -0.1) is 0 Å². The summed E-state index contributed by atoms with van der Waals surface area (Å²) in [5.74, 6) is 1.42. The Morgan fingerprint density at radius 1 is 1.35 bits per heavy atom. The highest BCUT2D eigenvalue weighted by atomic mass is 32.1. The van der Waals surface area contributed by atoms with E-state index in [1.807, 2.05) is 18.2 Å². The van der Waals surface area contributed by atoms with E-state index in [9.17, 15) is 5.26 Å². The van der Waals surface area contributed by atoms with E-state index in [1.165, 1.54) is 11.3 Å². The van der Waals surface area contributed by atoms with Crippen molar-refractivity contribution in [3.05, 3.63) is 29.3 Å². The van der Waals surface area contributed by atoms with Gasteiger partial charge in [-0.3, -0.25) is 9.81 Å². The third-order valence-electron chi connectivity index (χ3n) is 4.20. The first-order valence-corrected chi connectivity index (χ1v) is 8.27. The lowest BCUT2D eigenvalue weighted by atomic mass is 10.3. The highest BCUT2D eigenvalue weighted by Crippen LogP contribution is 2.30. The molecule has 3 heterocycles. The van der Waals surface area contributed by atoms with Crippen LogP contribution in [0.5, 0.6) is 5.75 Å². The zero-order valence-corrected chi connectivity index (χ0v) is 13.5. The molecule has 1 N–H and O–H groups in total. The molecule has 0 atom stereocenters. The van der Waals surface area contributed by atoms with Gasteiger partial charge >= 0.3 is 0 Å². The van der Waals surface area contributed by atoms with E-state index in [4.69, 9.17) is 15.1 Å². The molecule has 0 saturated carbocycles. The van der Waals surface area contributed by atoms with E-state index >= 15 is 0 Å². The van der Waals surface area contributed by atoms with Crippen molar-refractivity contribution in [2.24, 2.45) is 0 Å². The summed E-state index contributed by atoms with van der Waals surface area (Å²) in [6, 6.07) is 7.89. The molecule has 23 heavy (non-hydrogen) atoms. The van der Waals surface area contributed by atoms with Gasteiger partial charge in [-0.1, -0.05) is 11.3 Å². The third-order valence-corrected chi connectivity index (χ3v) is 5.21. The van der Waals surface area contributed by atoms with Crippen LogP contribution in [0.2, 0.25) is 0 Å². The molecule has 2 aromatic heterocycles. The van der Waals surface area contributed by atoms with Crippen molar-refractivity contribution in [1.82, 2.24) is 9.38 Å². The number of hydrogen-bond donors (Lipinski definition) is 1. The topological polar surface area (TPSA) is 77.4 Å². The van der Waals surface area contributed by atoms with Crippen LogP contribution >= 0.6 is 11.3 Å². The normalized spacial score (nSPS) is 14.5. The third kappa shape index (κ3) is 2.06. The van der Waals surface area contributed by atoms with Crippen LogP contribution in [0.4, 0.5) is 5.82 Å². The fourth-order valence-corrected chi connectivity index (χ4v) is 4.10. The minimum atomic E-state index is 0.204. The molecule has 0 unspecified atom stereocenters. The number of nitrogens with one attached hydrogen (secondary N) is 1. The standard InChI is InChI=1S/C16H15N5OS/c1-22-10-4-5-12-13(8-10)23-16-19-15(20-6-2-3-7-20)11(9-17)14(18)21(12)16/h4-5,8,18H,2-3,6-7H2,1H3. The molecule has 0 bridgehead atoms. The maximum absolute atomic E-state index is 9.54. The molecule has 4 rings (SSSR count). The Balaban J connectivity index is 2.05. The predicted octanol–water partition coefficient (Wildman–Crippen LogP) is 2.51. The molecule has 3 aromatic rings. The summed E-state index contributed by atoms with van der Waals surface area (Å²) in [5, 5.41) is 18.0. The van der Waals surface area contributed by atoms with Crippen LogP contribution in [0, 0.1) is 16.7 Å². The van der Waals surface area contributed by atoms with Gasteiger partial charge in [0.15, 0.2) is 16.3 Å². The second-order valence-corrected chi connectivity index (χ2v) is 6.53. The van der Waals surface area contributed by atoms with Crippen LogP contribution in [0.3, 0.4) is 0 Å². The largest absolute Gasteiger partial charge is 0.497 e. The van der Waals surface area contributed by atoms with Gasteiger partial charge in [-0.05, 0) is 31.0 Å². The lowest BCUT2D eigenvalue weighted by molar-refractivity contribution is 0.415. The van der Waals surface area contributed by atoms with E-state index in [0.717, 1.165) is 46.9 Å². The van der Waals surface area contributed by atoms with E-state index in [1.54, 1.807) is 11.5 Å². The van der Waals surface area contributed by atoms with Gasteiger partial charge in [-0.2, -0.15) is 5.26 Å². The van der Waals surface area contributed by atoms with Gasteiger partial charge in [0, 0.05) is 13.1 Å². The van der Waals surface area contributed by atoms with Crippen LogP contribution in [0.15, 0.2) is 18.2 Å². The fraction of sp³-hybridized carbons (Fsp3) is 0.312. The summed E-state index contributed by atoms with van der Waals surface area (Å²) in [7, 11) is 1.63. The number of hydrogen-bond acceptors (Lipinski definition) is 6. The first kappa shape index (κ1) is 14.0. The van der Waals surface area contributed by atoms with Crippen molar-refractivity contribution in [1.29, 1.82) is 10.7 Å². The van der Waals surface area contributed by atoms with E-state index < -0.39 is 0 Å². The first-order valence-electron chi connectivity index (χ1n) is 7.46. The SMILES string of the molecule is COc1ccc2c(c1)sc1nc(N3CCCC3)c(C#N)c(=N)n12. The van der Waals surface area contributed by atoms with Gasteiger partial charge in [0.1, 0.15) is 17.4 Å². The number of aromatic nitrogens is 2. The summed E-state index contributed by atoms with van der Waals surface area (Å²) < 4.78 is 8.01. The summed E-state index contributed by atoms with van der Waals surface area (Å²) in [6.07, 6.45) is 2.21. The second kappa shape index (κ2) is 5.25. The molecule has 1 fully saturated rings. The van der Waals surface area contributed by atoms with Gasteiger partial charge in [0.2, 0.25) is 0 Å². The minimum absolute atomic E-state index is 0.204. The van der Waals surface area contributed by atoms with E-state index in [-0.39, 0.29) is 5.49 Å². The van der Waals surface area contributed by atoms with Crippen molar-refractivity contribution in [3.8, 4) is 11.8 Å². The average Bonchev–Trinajstić information content (AvgIpc) is 3.21. The Labute approximate surface area is 136 Å². The lowest BCUT2D eigenvalue weighted by Gasteiger charge is -2.17. The Morgan fingerprint density at radius 3 is 2.83 bits per heavy atom. The van der Waals surface area contributed by atoms with Crippen LogP contribution in [-0.4, -0.2) is 29.6 Å². The van der Waals surface area contributed by atoms with Crippen molar-refractivity contribution in [3.63, 3.8) is 0 Å².